The predicted octanol–water partition coefficient (Wildman–Crippen LogP) is 4.26. The molecule has 1 unspecified atom stereocenters. The maximum atomic E-state index is 13.4. The van der Waals surface area contributed by atoms with Gasteiger partial charge in [-0.2, -0.15) is 8.78 Å². The molecular weight excluding hydrogens is 425 g/mol. The summed E-state index contributed by atoms with van der Waals surface area (Å²) in [5, 5.41) is 9.97. The number of aromatic nitrogens is 4. The van der Waals surface area contributed by atoms with Gasteiger partial charge in [0.05, 0.1) is 11.6 Å². The number of nitrogens with one attached hydrogen (secondary N) is 1. The molecule has 1 aliphatic rings. The number of alkyl halides is 2. The number of hydrogen-bond acceptors (Lipinski definition) is 7. The van der Waals surface area contributed by atoms with Crippen molar-refractivity contribution >= 4 is 11.9 Å². The molecule has 1 saturated carbocycles. The Morgan fingerprint density at radius 3 is 2.41 bits per heavy atom. The Bertz CT molecular complexity index is 1040. The molecule has 1 aromatic carbocycles. The Labute approximate surface area is 182 Å². The summed E-state index contributed by atoms with van der Waals surface area (Å²) in [5.74, 6) is -0.894. The van der Waals surface area contributed by atoms with E-state index in [9.17, 15) is 18.0 Å². The van der Waals surface area contributed by atoms with Crippen LogP contribution in [0.2, 0.25) is 0 Å². The molecule has 0 saturated heterocycles. The van der Waals surface area contributed by atoms with Gasteiger partial charge in [0.15, 0.2) is 0 Å². The lowest BCUT2D eigenvalue weighted by Crippen LogP contribution is -2.34. The van der Waals surface area contributed by atoms with E-state index in [-0.39, 0.29) is 42.5 Å². The largest absolute Gasteiger partial charge is 0.415 e. The summed E-state index contributed by atoms with van der Waals surface area (Å²) >= 11 is 0. The number of halogens is 3. The zero-order chi connectivity index (χ0) is 22.0. The van der Waals surface area contributed by atoms with Crippen molar-refractivity contribution in [1.82, 2.24) is 25.1 Å². The van der Waals surface area contributed by atoms with Gasteiger partial charge >= 0.3 is 6.43 Å². The average molecular weight is 448 g/mol. The number of anilines is 1. The normalized spacial score (nSPS) is 14.0. The molecule has 11 heteroatoms. The molecule has 8 nitrogen and oxygen atoms in total. The Morgan fingerprint density at radius 2 is 1.84 bits per heavy atom. The first-order valence-corrected chi connectivity index (χ1v) is 9.61. The zero-order valence-corrected chi connectivity index (χ0v) is 16.5. The summed E-state index contributed by atoms with van der Waals surface area (Å²) in [6, 6.07) is 5.54. The molecule has 1 fully saturated rings. The van der Waals surface area contributed by atoms with Gasteiger partial charge in [-0.15, -0.1) is 10.2 Å². The summed E-state index contributed by atoms with van der Waals surface area (Å²) < 4.78 is 43.5. The number of likely N-dealkylation sites (N-methyl/N-ethyl adjacent to an activating group) is 1. The minimum Gasteiger partial charge on any atom is -0.415 e. The standard InChI is InChI=1S/C20H19F3N6O2.CH4/c1-29(19(30)12-2-3-12)10-15(11-4-6-14(21)7-5-11)26-20-24-8-13(9-25-20)17-27-28-18(31-17)16(22)23;/h4-9,12,15-16H,2-3,10H2,1H3,(H,24,25,26);1H4. The van der Waals surface area contributed by atoms with Gasteiger partial charge in [0, 0.05) is 31.9 Å². The minimum atomic E-state index is -2.87. The van der Waals surface area contributed by atoms with E-state index in [1.54, 1.807) is 24.1 Å². The molecule has 0 radical (unpaired) electrons. The zero-order valence-electron chi connectivity index (χ0n) is 16.5. The van der Waals surface area contributed by atoms with E-state index < -0.39 is 18.4 Å². The summed E-state index contributed by atoms with van der Waals surface area (Å²) in [6.45, 7) is 0.327. The van der Waals surface area contributed by atoms with Crippen LogP contribution in [0.15, 0.2) is 41.1 Å². The Kier molecular flexibility index (Phi) is 7.06. The summed E-state index contributed by atoms with van der Waals surface area (Å²) in [4.78, 5) is 22.3. The molecule has 32 heavy (non-hydrogen) atoms. The third-order valence-electron chi connectivity index (χ3n) is 4.86. The average Bonchev–Trinajstić information content (AvgIpc) is 3.49. The number of rotatable bonds is 8. The van der Waals surface area contributed by atoms with E-state index in [0.717, 1.165) is 18.4 Å². The van der Waals surface area contributed by atoms with Crippen LogP contribution in [-0.4, -0.2) is 44.6 Å². The summed E-state index contributed by atoms with van der Waals surface area (Å²) in [5.41, 5.74) is 1.03. The van der Waals surface area contributed by atoms with Gasteiger partial charge in [0.1, 0.15) is 5.82 Å². The lowest BCUT2D eigenvalue weighted by atomic mass is 10.1. The van der Waals surface area contributed by atoms with Crippen LogP contribution in [0.5, 0.6) is 0 Å². The van der Waals surface area contributed by atoms with Crippen molar-refractivity contribution in [3.63, 3.8) is 0 Å². The maximum absolute atomic E-state index is 13.4. The molecule has 0 spiro atoms. The Morgan fingerprint density at radius 1 is 1.19 bits per heavy atom. The van der Waals surface area contributed by atoms with Gasteiger partial charge in [0.25, 0.3) is 11.8 Å². The molecule has 1 atom stereocenters. The van der Waals surface area contributed by atoms with Gasteiger partial charge in [0.2, 0.25) is 11.9 Å². The highest BCUT2D eigenvalue weighted by Crippen LogP contribution is 2.31. The third kappa shape index (κ3) is 5.40. The molecule has 0 bridgehead atoms. The molecule has 0 aliphatic heterocycles. The first-order chi connectivity index (χ1) is 14.9. The monoisotopic (exact) mass is 448 g/mol. The lowest BCUT2D eigenvalue weighted by molar-refractivity contribution is -0.131. The second-order valence-electron chi connectivity index (χ2n) is 7.28. The molecule has 1 N–H and O–H groups in total. The maximum Gasteiger partial charge on any atom is 0.314 e. The fourth-order valence-corrected chi connectivity index (χ4v) is 3.04. The lowest BCUT2D eigenvalue weighted by Gasteiger charge is -2.25. The fraction of sp³-hybridized carbons (Fsp3) is 0.381. The Balaban J connectivity index is 0.00000289. The van der Waals surface area contributed by atoms with Crippen LogP contribution >= 0.6 is 0 Å². The molecule has 3 aromatic rings. The van der Waals surface area contributed by atoms with Crippen LogP contribution in [0.4, 0.5) is 19.1 Å². The highest BCUT2D eigenvalue weighted by atomic mass is 19.3. The van der Waals surface area contributed by atoms with Crippen LogP contribution in [-0.2, 0) is 4.79 Å². The van der Waals surface area contributed by atoms with Crippen LogP contribution in [0.1, 0.15) is 44.2 Å². The quantitative estimate of drug-likeness (QED) is 0.550. The van der Waals surface area contributed by atoms with Crippen LogP contribution in [0.25, 0.3) is 11.5 Å². The second-order valence-corrected chi connectivity index (χ2v) is 7.28. The fourth-order valence-electron chi connectivity index (χ4n) is 3.04. The van der Waals surface area contributed by atoms with E-state index in [1.165, 1.54) is 24.5 Å². The van der Waals surface area contributed by atoms with Crippen molar-refractivity contribution < 1.29 is 22.4 Å². The van der Waals surface area contributed by atoms with Crippen molar-refractivity contribution in [2.75, 3.05) is 18.9 Å². The van der Waals surface area contributed by atoms with E-state index >= 15 is 0 Å². The van der Waals surface area contributed by atoms with Crippen molar-refractivity contribution in [2.24, 2.45) is 5.92 Å². The molecule has 2 aromatic heterocycles. The smallest absolute Gasteiger partial charge is 0.314 e. The second kappa shape index (κ2) is 9.75. The number of carbonyl (C=O) groups excluding carboxylic acids is 1. The minimum absolute atomic E-state index is 0. The van der Waals surface area contributed by atoms with E-state index in [1.807, 2.05) is 0 Å². The van der Waals surface area contributed by atoms with E-state index in [0.29, 0.717) is 6.54 Å². The molecule has 1 amide bonds. The highest BCUT2D eigenvalue weighted by molar-refractivity contribution is 5.80. The molecule has 2 heterocycles. The van der Waals surface area contributed by atoms with E-state index in [4.69, 9.17) is 4.42 Å². The summed E-state index contributed by atoms with van der Waals surface area (Å²) in [6.07, 6.45) is 1.64. The summed E-state index contributed by atoms with van der Waals surface area (Å²) in [7, 11) is 1.72. The number of nitrogens with zero attached hydrogens (tertiary/aromatic N) is 5. The molecule has 1 aliphatic carbocycles. The van der Waals surface area contributed by atoms with Crippen LogP contribution in [0.3, 0.4) is 0 Å². The molecule has 170 valence electrons. The number of amides is 1. The molecular formula is C21H23F3N6O2. The van der Waals surface area contributed by atoms with Crippen molar-refractivity contribution in [3.05, 3.63) is 53.9 Å². The van der Waals surface area contributed by atoms with E-state index in [2.05, 4.69) is 25.5 Å². The predicted molar refractivity (Wildman–Crippen MR) is 110 cm³/mol. The highest BCUT2D eigenvalue weighted by Gasteiger charge is 2.33. The van der Waals surface area contributed by atoms with Gasteiger partial charge in [-0.3, -0.25) is 4.79 Å². The van der Waals surface area contributed by atoms with Crippen LogP contribution < -0.4 is 5.32 Å². The van der Waals surface area contributed by atoms with Crippen molar-refractivity contribution in [2.45, 2.75) is 32.7 Å². The number of benzene rings is 1. The number of hydrogen-bond donors (Lipinski definition) is 1. The van der Waals surface area contributed by atoms with Crippen molar-refractivity contribution in [1.29, 1.82) is 0 Å². The van der Waals surface area contributed by atoms with Gasteiger partial charge in [-0.1, -0.05) is 19.6 Å². The van der Waals surface area contributed by atoms with Gasteiger partial charge in [-0.05, 0) is 30.5 Å². The van der Waals surface area contributed by atoms with Gasteiger partial charge < -0.3 is 14.6 Å². The van der Waals surface area contributed by atoms with Gasteiger partial charge in [-0.25, -0.2) is 14.4 Å². The van der Waals surface area contributed by atoms with Crippen LogP contribution in [0, 0.1) is 11.7 Å². The SMILES string of the molecule is C.CN(CC(Nc1ncc(-c2nnc(C(F)F)o2)cn1)c1ccc(F)cc1)C(=O)C1CC1. The molecule has 4 rings (SSSR count). The Hall–Kier alpha value is -3.50. The topological polar surface area (TPSA) is 97.0 Å². The first-order valence-electron chi connectivity index (χ1n) is 9.61. The number of carbonyl (C=O) groups is 1. The third-order valence-corrected chi connectivity index (χ3v) is 4.86. The van der Waals surface area contributed by atoms with Crippen molar-refractivity contribution in [3.8, 4) is 11.5 Å². The first kappa shape index (κ1) is 23.2.